The summed E-state index contributed by atoms with van der Waals surface area (Å²) in [5, 5.41) is 3.68. The van der Waals surface area contributed by atoms with Gasteiger partial charge in [-0.05, 0) is 37.3 Å². The van der Waals surface area contributed by atoms with Crippen molar-refractivity contribution in [3.63, 3.8) is 0 Å². The largest absolute Gasteiger partial charge is 0.495 e. The van der Waals surface area contributed by atoms with Crippen LogP contribution >= 0.6 is 11.6 Å². The quantitative estimate of drug-likeness (QED) is 0.891. The third-order valence-electron chi connectivity index (χ3n) is 4.56. The number of hydrogen-bond donors (Lipinski definition) is 1. The highest BCUT2D eigenvalue weighted by Gasteiger charge is 2.50. The first-order valence-corrected chi connectivity index (χ1v) is 8.12. The third-order valence-corrected chi connectivity index (χ3v) is 4.79. The van der Waals surface area contributed by atoms with Crippen LogP contribution in [0.5, 0.6) is 11.5 Å². The van der Waals surface area contributed by atoms with Crippen molar-refractivity contribution in [2.75, 3.05) is 12.0 Å². The van der Waals surface area contributed by atoms with Crippen molar-refractivity contribution in [2.24, 2.45) is 0 Å². The molecule has 0 aliphatic carbocycles. The van der Waals surface area contributed by atoms with Crippen LogP contribution in [0.2, 0.25) is 5.02 Å². The number of carbonyl (C=O) groups is 1. The van der Waals surface area contributed by atoms with Crippen molar-refractivity contribution in [1.29, 1.82) is 0 Å². The summed E-state index contributed by atoms with van der Waals surface area (Å²) in [6, 6.07) is 12.6. The number of anilines is 1. The van der Waals surface area contributed by atoms with Gasteiger partial charge in [-0.3, -0.25) is 4.90 Å². The van der Waals surface area contributed by atoms with Gasteiger partial charge in [-0.25, -0.2) is 4.79 Å². The van der Waals surface area contributed by atoms with E-state index in [0.717, 1.165) is 11.3 Å². The number of hydrogen-bond acceptors (Lipinski definition) is 3. The summed E-state index contributed by atoms with van der Waals surface area (Å²) in [6.07, 6.45) is 0.615. The zero-order chi connectivity index (χ0) is 16.9. The predicted molar refractivity (Wildman–Crippen MR) is 91.8 cm³/mol. The SMILES string of the molecule is COc1ccccc1N1C(=O)N[C@H]2C[C@@]1(C)Oc1ccc(Cl)cc12. The number of nitrogens with one attached hydrogen (secondary N) is 1. The second kappa shape index (κ2) is 5.31. The highest BCUT2D eigenvalue weighted by Crippen LogP contribution is 2.47. The molecule has 2 bridgehead atoms. The summed E-state index contributed by atoms with van der Waals surface area (Å²) >= 11 is 6.09. The molecular weight excluding hydrogens is 328 g/mol. The number of benzene rings is 2. The maximum atomic E-state index is 12.8. The Kier molecular flexibility index (Phi) is 3.35. The Morgan fingerprint density at radius 2 is 2.12 bits per heavy atom. The van der Waals surface area contributed by atoms with Crippen LogP contribution in [0.3, 0.4) is 0 Å². The molecule has 6 heteroatoms. The molecule has 124 valence electrons. The van der Waals surface area contributed by atoms with E-state index in [1.807, 2.05) is 43.3 Å². The van der Waals surface area contributed by atoms with Crippen LogP contribution in [0.1, 0.15) is 24.9 Å². The number of carbonyl (C=O) groups excluding carboxylic acids is 1. The zero-order valence-electron chi connectivity index (χ0n) is 13.4. The first kappa shape index (κ1) is 15.1. The van der Waals surface area contributed by atoms with Crippen LogP contribution in [-0.2, 0) is 0 Å². The van der Waals surface area contributed by atoms with Crippen molar-refractivity contribution < 1.29 is 14.3 Å². The van der Waals surface area contributed by atoms with Crippen molar-refractivity contribution in [2.45, 2.75) is 25.1 Å². The molecule has 2 atom stereocenters. The highest BCUT2D eigenvalue weighted by atomic mass is 35.5. The van der Waals surface area contributed by atoms with E-state index >= 15 is 0 Å². The molecule has 2 amide bonds. The third kappa shape index (κ3) is 2.19. The maximum Gasteiger partial charge on any atom is 0.325 e. The Labute approximate surface area is 145 Å². The Bertz CT molecular complexity index is 826. The number of methoxy groups -OCH3 is 1. The number of urea groups is 1. The molecule has 2 aromatic rings. The molecule has 24 heavy (non-hydrogen) atoms. The Morgan fingerprint density at radius 3 is 2.92 bits per heavy atom. The summed E-state index contributed by atoms with van der Waals surface area (Å²) in [4.78, 5) is 14.4. The smallest absolute Gasteiger partial charge is 0.325 e. The van der Waals surface area contributed by atoms with E-state index in [1.165, 1.54) is 0 Å². The molecule has 4 rings (SSSR count). The number of nitrogens with zero attached hydrogens (tertiary/aromatic N) is 1. The zero-order valence-corrected chi connectivity index (χ0v) is 14.1. The molecule has 2 aromatic carbocycles. The summed E-state index contributed by atoms with van der Waals surface area (Å²) in [5.74, 6) is 1.36. The Hall–Kier alpha value is -2.40. The molecule has 0 aromatic heterocycles. The van der Waals surface area contributed by atoms with Crippen molar-refractivity contribution in [3.05, 3.63) is 53.1 Å². The van der Waals surface area contributed by atoms with Crippen molar-refractivity contribution in [1.82, 2.24) is 5.32 Å². The van der Waals surface area contributed by atoms with Crippen LogP contribution in [0.4, 0.5) is 10.5 Å². The van der Waals surface area contributed by atoms with E-state index in [-0.39, 0.29) is 12.1 Å². The van der Waals surface area contributed by atoms with Gasteiger partial charge in [0.25, 0.3) is 0 Å². The number of amides is 2. The van der Waals surface area contributed by atoms with Gasteiger partial charge >= 0.3 is 6.03 Å². The lowest BCUT2D eigenvalue weighted by molar-refractivity contribution is 0.0375. The van der Waals surface area contributed by atoms with Gasteiger partial charge in [0.1, 0.15) is 11.5 Å². The van der Waals surface area contributed by atoms with E-state index in [4.69, 9.17) is 21.1 Å². The Balaban J connectivity index is 1.82. The molecular formula is C18H17ClN2O3. The lowest BCUT2D eigenvalue weighted by Gasteiger charge is -2.50. The second-order valence-electron chi connectivity index (χ2n) is 6.17. The van der Waals surface area contributed by atoms with Crippen LogP contribution in [-0.4, -0.2) is 18.9 Å². The fourth-order valence-electron chi connectivity index (χ4n) is 3.52. The van der Waals surface area contributed by atoms with Crippen LogP contribution < -0.4 is 19.7 Å². The number of fused-ring (bicyclic) bond motifs is 4. The molecule has 2 aliphatic heterocycles. The number of ether oxygens (including phenoxy) is 2. The van der Waals surface area contributed by atoms with Gasteiger partial charge in [0.2, 0.25) is 0 Å². The average molecular weight is 345 g/mol. The van der Waals surface area contributed by atoms with Gasteiger partial charge in [0.05, 0.1) is 18.8 Å². The van der Waals surface area contributed by atoms with Crippen LogP contribution in [0.15, 0.2) is 42.5 Å². The van der Waals surface area contributed by atoms with E-state index in [2.05, 4.69) is 5.32 Å². The summed E-state index contributed by atoms with van der Waals surface area (Å²) in [6.45, 7) is 1.92. The molecule has 0 spiro atoms. The van der Waals surface area contributed by atoms with Gasteiger partial charge in [-0.15, -0.1) is 0 Å². The summed E-state index contributed by atoms with van der Waals surface area (Å²) in [7, 11) is 1.59. The van der Waals surface area contributed by atoms with Gasteiger partial charge in [0.15, 0.2) is 5.72 Å². The fraction of sp³-hybridized carbons (Fsp3) is 0.278. The lowest BCUT2D eigenvalue weighted by Crippen LogP contribution is -2.65. The normalized spacial score (nSPS) is 24.7. The number of para-hydroxylation sites is 2. The van der Waals surface area contributed by atoms with E-state index < -0.39 is 5.72 Å². The summed E-state index contributed by atoms with van der Waals surface area (Å²) < 4.78 is 11.7. The van der Waals surface area contributed by atoms with Crippen LogP contribution in [0, 0.1) is 0 Å². The minimum absolute atomic E-state index is 0.129. The molecule has 2 heterocycles. The first-order chi connectivity index (χ1) is 11.5. The molecule has 1 saturated heterocycles. The fourth-order valence-corrected chi connectivity index (χ4v) is 3.71. The van der Waals surface area contributed by atoms with Gasteiger partial charge in [-0.2, -0.15) is 0 Å². The number of halogens is 1. The standard InChI is InChI=1S/C18H17ClN2O3/c1-18-10-13(12-9-11(19)7-8-15(12)24-18)20-17(22)21(18)14-5-3-4-6-16(14)23-2/h3-9,13H,10H2,1-2H3,(H,20,22)/t13-,18+/m0/s1. The molecule has 1 fully saturated rings. The second-order valence-corrected chi connectivity index (χ2v) is 6.61. The molecule has 5 nitrogen and oxygen atoms in total. The summed E-state index contributed by atoms with van der Waals surface area (Å²) in [5.41, 5.74) is 0.784. The minimum Gasteiger partial charge on any atom is -0.495 e. The maximum absolute atomic E-state index is 12.8. The molecule has 0 unspecified atom stereocenters. The van der Waals surface area contributed by atoms with Gasteiger partial charge in [0, 0.05) is 17.0 Å². The van der Waals surface area contributed by atoms with Gasteiger partial charge in [-0.1, -0.05) is 23.7 Å². The minimum atomic E-state index is -0.803. The molecule has 0 saturated carbocycles. The average Bonchev–Trinajstić information content (AvgIpc) is 2.55. The topological polar surface area (TPSA) is 50.8 Å². The monoisotopic (exact) mass is 344 g/mol. The molecule has 1 N–H and O–H groups in total. The van der Waals surface area contributed by atoms with Crippen molar-refractivity contribution in [3.8, 4) is 11.5 Å². The van der Waals surface area contributed by atoms with Crippen molar-refractivity contribution >= 4 is 23.3 Å². The Morgan fingerprint density at radius 1 is 1.33 bits per heavy atom. The van der Waals surface area contributed by atoms with E-state index in [9.17, 15) is 4.79 Å². The van der Waals surface area contributed by atoms with E-state index in [1.54, 1.807) is 18.1 Å². The number of rotatable bonds is 2. The van der Waals surface area contributed by atoms with Crippen LogP contribution in [0.25, 0.3) is 0 Å². The van der Waals surface area contributed by atoms with Gasteiger partial charge < -0.3 is 14.8 Å². The molecule has 0 radical (unpaired) electrons. The molecule has 2 aliphatic rings. The predicted octanol–water partition coefficient (Wildman–Crippen LogP) is 4.12. The lowest BCUT2D eigenvalue weighted by atomic mass is 9.90. The highest BCUT2D eigenvalue weighted by molar-refractivity contribution is 6.30. The van der Waals surface area contributed by atoms with E-state index in [0.29, 0.717) is 22.9 Å². The first-order valence-electron chi connectivity index (χ1n) is 7.74.